The molecule has 0 aliphatic carbocycles. The summed E-state index contributed by atoms with van der Waals surface area (Å²) in [4.78, 5) is 20.0. The maximum Gasteiger partial charge on any atom is 0.251 e. The summed E-state index contributed by atoms with van der Waals surface area (Å²) in [6.07, 6.45) is 5.92. The lowest BCUT2D eigenvalue weighted by Crippen LogP contribution is -2.25. The van der Waals surface area contributed by atoms with Crippen LogP contribution >= 0.6 is 0 Å². The van der Waals surface area contributed by atoms with Crippen LogP contribution in [-0.2, 0) is 6.42 Å². The van der Waals surface area contributed by atoms with E-state index in [2.05, 4.69) is 20.6 Å². The van der Waals surface area contributed by atoms with Crippen molar-refractivity contribution in [3.63, 3.8) is 0 Å². The van der Waals surface area contributed by atoms with E-state index in [4.69, 9.17) is 0 Å². The monoisotopic (exact) mass is 256 g/mol. The van der Waals surface area contributed by atoms with Crippen LogP contribution in [0, 0.1) is 0 Å². The Balaban J connectivity index is 1.87. The second-order valence-corrected chi connectivity index (χ2v) is 4.05. The fourth-order valence-corrected chi connectivity index (χ4v) is 1.68. The summed E-state index contributed by atoms with van der Waals surface area (Å²) in [5, 5.41) is 5.78. The number of aromatic nitrogens is 2. The minimum absolute atomic E-state index is 0.0946. The molecule has 0 unspecified atom stereocenters. The zero-order chi connectivity index (χ0) is 13.5. The number of nitrogens with zero attached hydrogens (tertiary/aromatic N) is 2. The smallest absolute Gasteiger partial charge is 0.251 e. The van der Waals surface area contributed by atoms with Crippen LogP contribution in [0.4, 0.5) is 5.82 Å². The SMILES string of the molecule is CNc1cc(C(=O)NCCc2cccnc2)ccn1. The molecule has 2 aromatic heterocycles. The molecule has 0 radical (unpaired) electrons. The molecular weight excluding hydrogens is 240 g/mol. The Morgan fingerprint density at radius 3 is 2.95 bits per heavy atom. The highest BCUT2D eigenvalue weighted by atomic mass is 16.1. The highest BCUT2D eigenvalue weighted by Gasteiger charge is 2.05. The van der Waals surface area contributed by atoms with E-state index in [-0.39, 0.29) is 5.91 Å². The van der Waals surface area contributed by atoms with Crippen LogP contribution in [0.2, 0.25) is 0 Å². The van der Waals surface area contributed by atoms with Crippen molar-refractivity contribution in [2.45, 2.75) is 6.42 Å². The van der Waals surface area contributed by atoms with Gasteiger partial charge in [0.05, 0.1) is 0 Å². The highest BCUT2D eigenvalue weighted by molar-refractivity contribution is 5.94. The second kappa shape index (κ2) is 6.49. The molecule has 1 amide bonds. The molecule has 0 saturated carbocycles. The van der Waals surface area contributed by atoms with Crippen molar-refractivity contribution in [3.8, 4) is 0 Å². The average molecular weight is 256 g/mol. The summed E-state index contributed by atoms with van der Waals surface area (Å²) in [6.45, 7) is 0.585. The molecule has 2 rings (SSSR count). The van der Waals surface area contributed by atoms with Gasteiger partial charge in [-0.05, 0) is 30.2 Å². The molecule has 2 heterocycles. The van der Waals surface area contributed by atoms with Gasteiger partial charge in [-0.2, -0.15) is 0 Å². The topological polar surface area (TPSA) is 66.9 Å². The average Bonchev–Trinajstić information content (AvgIpc) is 2.48. The molecular formula is C14H16N4O. The van der Waals surface area contributed by atoms with Gasteiger partial charge in [0.15, 0.2) is 0 Å². The predicted molar refractivity (Wildman–Crippen MR) is 74.1 cm³/mol. The van der Waals surface area contributed by atoms with Crippen molar-refractivity contribution >= 4 is 11.7 Å². The molecule has 0 aliphatic heterocycles. The van der Waals surface area contributed by atoms with Crippen LogP contribution in [0.5, 0.6) is 0 Å². The number of carbonyl (C=O) groups excluding carboxylic acids is 1. The van der Waals surface area contributed by atoms with Crippen LogP contribution in [0.15, 0.2) is 42.9 Å². The van der Waals surface area contributed by atoms with Crippen molar-refractivity contribution in [1.82, 2.24) is 15.3 Å². The lowest BCUT2D eigenvalue weighted by atomic mass is 10.2. The maximum atomic E-state index is 11.9. The Morgan fingerprint density at radius 1 is 1.32 bits per heavy atom. The van der Waals surface area contributed by atoms with Crippen LogP contribution in [0.25, 0.3) is 0 Å². The number of pyridine rings is 2. The molecule has 0 aliphatic rings. The lowest BCUT2D eigenvalue weighted by molar-refractivity contribution is 0.0954. The highest BCUT2D eigenvalue weighted by Crippen LogP contribution is 2.05. The van der Waals surface area contributed by atoms with Gasteiger partial charge in [-0.25, -0.2) is 4.98 Å². The number of amides is 1. The second-order valence-electron chi connectivity index (χ2n) is 4.05. The number of anilines is 1. The third kappa shape index (κ3) is 3.77. The van der Waals surface area contributed by atoms with Crippen LogP contribution in [-0.4, -0.2) is 29.5 Å². The molecule has 19 heavy (non-hydrogen) atoms. The van der Waals surface area contributed by atoms with Gasteiger partial charge in [0.25, 0.3) is 5.91 Å². The predicted octanol–water partition coefficient (Wildman–Crippen LogP) is 1.49. The molecule has 0 atom stereocenters. The largest absolute Gasteiger partial charge is 0.373 e. The van der Waals surface area contributed by atoms with E-state index in [9.17, 15) is 4.79 Å². The minimum Gasteiger partial charge on any atom is -0.373 e. The summed E-state index contributed by atoms with van der Waals surface area (Å²) >= 11 is 0. The first-order valence-electron chi connectivity index (χ1n) is 6.10. The minimum atomic E-state index is -0.0946. The van der Waals surface area contributed by atoms with Crippen molar-refractivity contribution in [1.29, 1.82) is 0 Å². The molecule has 2 N–H and O–H groups in total. The first-order chi connectivity index (χ1) is 9.29. The van der Waals surface area contributed by atoms with Crippen LogP contribution in [0.3, 0.4) is 0 Å². The fraction of sp³-hybridized carbons (Fsp3) is 0.214. The zero-order valence-electron chi connectivity index (χ0n) is 10.8. The normalized spacial score (nSPS) is 9.95. The first kappa shape index (κ1) is 13.0. The standard InChI is InChI=1S/C14H16N4O/c1-15-13-9-12(5-8-17-13)14(19)18-7-4-11-3-2-6-16-10-11/h2-3,5-6,8-10H,4,7H2,1H3,(H,15,17)(H,18,19). The van der Waals surface area contributed by atoms with Gasteiger partial charge in [0, 0.05) is 37.7 Å². The van der Waals surface area contributed by atoms with E-state index in [1.807, 2.05) is 12.1 Å². The van der Waals surface area contributed by atoms with E-state index in [1.54, 1.807) is 37.8 Å². The molecule has 0 fully saturated rings. The Labute approximate surface area is 112 Å². The van der Waals surface area contributed by atoms with Gasteiger partial charge in [0.2, 0.25) is 0 Å². The number of carbonyl (C=O) groups is 1. The van der Waals surface area contributed by atoms with E-state index >= 15 is 0 Å². The number of hydrogen-bond acceptors (Lipinski definition) is 4. The quantitative estimate of drug-likeness (QED) is 0.850. The van der Waals surface area contributed by atoms with Crippen molar-refractivity contribution in [2.75, 3.05) is 18.9 Å². The lowest BCUT2D eigenvalue weighted by Gasteiger charge is -2.06. The molecule has 2 aromatic rings. The zero-order valence-corrected chi connectivity index (χ0v) is 10.8. The van der Waals surface area contributed by atoms with Gasteiger partial charge >= 0.3 is 0 Å². The molecule has 98 valence electrons. The summed E-state index contributed by atoms with van der Waals surface area (Å²) < 4.78 is 0. The van der Waals surface area contributed by atoms with Crippen molar-refractivity contribution < 1.29 is 4.79 Å². The molecule has 5 nitrogen and oxygen atoms in total. The fourth-order valence-electron chi connectivity index (χ4n) is 1.68. The Morgan fingerprint density at radius 2 is 2.21 bits per heavy atom. The van der Waals surface area contributed by atoms with Crippen molar-refractivity contribution in [3.05, 3.63) is 54.0 Å². The Hall–Kier alpha value is -2.43. The Kier molecular flexibility index (Phi) is 4.44. The first-order valence-corrected chi connectivity index (χ1v) is 6.10. The van der Waals surface area contributed by atoms with Crippen LogP contribution < -0.4 is 10.6 Å². The maximum absolute atomic E-state index is 11.9. The summed E-state index contributed by atoms with van der Waals surface area (Å²) in [6, 6.07) is 7.30. The number of nitrogens with one attached hydrogen (secondary N) is 2. The molecule has 0 saturated heterocycles. The third-order valence-corrected chi connectivity index (χ3v) is 2.70. The molecule has 5 heteroatoms. The van der Waals surface area contributed by atoms with Gasteiger partial charge in [-0.1, -0.05) is 6.07 Å². The summed E-state index contributed by atoms with van der Waals surface area (Å²) in [5.41, 5.74) is 1.71. The van der Waals surface area contributed by atoms with E-state index in [0.717, 1.165) is 12.0 Å². The molecule has 0 spiro atoms. The van der Waals surface area contributed by atoms with E-state index < -0.39 is 0 Å². The van der Waals surface area contributed by atoms with E-state index in [1.165, 1.54) is 0 Å². The number of rotatable bonds is 5. The van der Waals surface area contributed by atoms with E-state index in [0.29, 0.717) is 17.9 Å². The summed E-state index contributed by atoms with van der Waals surface area (Å²) in [7, 11) is 1.77. The third-order valence-electron chi connectivity index (χ3n) is 2.70. The molecule has 0 aromatic carbocycles. The number of hydrogen-bond donors (Lipinski definition) is 2. The van der Waals surface area contributed by atoms with Gasteiger partial charge < -0.3 is 10.6 Å². The Bertz CT molecular complexity index is 542. The van der Waals surface area contributed by atoms with Gasteiger partial charge in [0.1, 0.15) is 5.82 Å². The molecule has 0 bridgehead atoms. The van der Waals surface area contributed by atoms with Crippen LogP contribution in [0.1, 0.15) is 15.9 Å². The van der Waals surface area contributed by atoms with Crippen molar-refractivity contribution in [2.24, 2.45) is 0 Å². The summed E-state index contributed by atoms with van der Waals surface area (Å²) in [5.74, 6) is 0.586. The van der Waals surface area contributed by atoms with Gasteiger partial charge in [-0.15, -0.1) is 0 Å². The van der Waals surface area contributed by atoms with Gasteiger partial charge in [-0.3, -0.25) is 9.78 Å².